The summed E-state index contributed by atoms with van der Waals surface area (Å²) in [5.74, 6) is 2.74. The maximum absolute atomic E-state index is 6.03. The van der Waals surface area contributed by atoms with E-state index in [0.29, 0.717) is 6.54 Å². The zero-order valence-electron chi connectivity index (χ0n) is 10.9. The summed E-state index contributed by atoms with van der Waals surface area (Å²) in [7, 11) is 0. The summed E-state index contributed by atoms with van der Waals surface area (Å²) in [6.45, 7) is 2.97. The highest BCUT2D eigenvalue weighted by Gasteiger charge is 2.34. The fourth-order valence-electron chi connectivity index (χ4n) is 2.57. The van der Waals surface area contributed by atoms with Crippen molar-refractivity contribution in [3.8, 4) is 0 Å². The van der Waals surface area contributed by atoms with Crippen LogP contribution in [0.4, 0.5) is 0 Å². The molecular formula is C14H20Br2N2O. The van der Waals surface area contributed by atoms with Crippen molar-refractivity contribution in [3.05, 3.63) is 21.0 Å². The second-order valence-corrected chi connectivity index (χ2v) is 7.44. The number of nitrogens with zero attached hydrogens (tertiary/aromatic N) is 1. The molecule has 0 spiro atoms. The molecule has 2 aliphatic carbocycles. The lowest BCUT2D eigenvalue weighted by molar-refractivity contribution is 0.163. The summed E-state index contributed by atoms with van der Waals surface area (Å²) in [6.07, 6.45) is 5.52. The van der Waals surface area contributed by atoms with E-state index in [-0.39, 0.29) is 6.04 Å². The molecule has 1 heterocycles. The van der Waals surface area contributed by atoms with Crippen LogP contribution < -0.4 is 5.73 Å². The molecule has 0 amide bonds. The Kier molecular flexibility index (Phi) is 4.37. The molecule has 2 aliphatic rings. The highest BCUT2D eigenvalue weighted by Crippen LogP contribution is 2.38. The van der Waals surface area contributed by atoms with Gasteiger partial charge in [0.25, 0.3) is 0 Å². The fourth-order valence-corrected chi connectivity index (χ4v) is 3.17. The standard InChI is InChI=1S/C14H20Br2N2O/c15-11-5-13(19-14(11)16)12(6-17)18(7-9-1-2-9)8-10-3-4-10/h5,9-10,12H,1-4,6-8,17H2. The summed E-state index contributed by atoms with van der Waals surface area (Å²) in [5.41, 5.74) is 6.03. The van der Waals surface area contributed by atoms with Crippen molar-refractivity contribution >= 4 is 31.9 Å². The second-order valence-electron chi connectivity index (χ2n) is 5.86. The molecule has 2 N–H and O–H groups in total. The van der Waals surface area contributed by atoms with Crippen LogP contribution in [0, 0.1) is 11.8 Å². The maximum atomic E-state index is 6.03. The van der Waals surface area contributed by atoms with Gasteiger partial charge in [-0.1, -0.05) is 0 Å². The molecule has 0 radical (unpaired) electrons. The van der Waals surface area contributed by atoms with E-state index in [0.717, 1.165) is 26.7 Å². The van der Waals surface area contributed by atoms with Crippen molar-refractivity contribution in [2.24, 2.45) is 17.6 Å². The van der Waals surface area contributed by atoms with Gasteiger partial charge in [-0.05, 0) is 75.4 Å². The number of furan rings is 1. The molecule has 1 aromatic rings. The molecule has 1 aromatic heterocycles. The Bertz CT molecular complexity index is 407. The number of hydrogen-bond acceptors (Lipinski definition) is 3. The summed E-state index contributed by atoms with van der Waals surface area (Å²) < 4.78 is 7.53. The lowest BCUT2D eigenvalue weighted by Crippen LogP contribution is -2.36. The van der Waals surface area contributed by atoms with Crippen LogP contribution in [0.5, 0.6) is 0 Å². The van der Waals surface area contributed by atoms with Crippen LogP contribution in [0.2, 0.25) is 0 Å². The molecule has 5 heteroatoms. The fraction of sp³-hybridized carbons (Fsp3) is 0.714. The van der Waals surface area contributed by atoms with Gasteiger partial charge in [-0.15, -0.1) is 0 Å². The normalized spacial score (nSPS) is 21.1. The van der Waals surface area contributed by atoms with Gasteiger partial charge >= 0.3 is 0 Å². The van der Waals surface area contributed by atoms with Gasteiger partial charge in [-0.2, -0.15) is 0 Å². The molecule has 19 heavy (non-hydrogen) atoms. The topological polar surface area (TPSA) is 42.4 Å². The first-order valence-corrected chi connectivity index (χ1v) is 8.64. The van der Waals surface area contributed by atoms with Gasteiger partial charge in [0.05, 0.1) is 10.5 Å². The lowest BCUT2D eigenvalue weighted by atomic mass is 10.1. The lowest BCUT2D eigenvalue weighted by Gasteiger charge is -2.29. The highest BCUT2D eigenvalue weighted by atomic mass is 79.9. The van der Waals surface area contributed by atoms with E-state index in [4.69, 9.17) is 10.2 Å². The van der Waals surface area contributed by atoms with Crippen LogP contribution in [0.1, 0.15) is 37.5 Å². The Balaban J connectivity index is 1.75. The predicted molar refractivity (Wildman–Crippen MR) is 82.9 cm³/mol. The Morgan fingerprint density at radius 2 is 1.79 bits per heavy atom. The van der Waals surface area contributed by atoms with E-state index in [9.17, 15) is 0 Å². The number of nitrogens with two attached hydrogens (primary N) is 1. The first kappa shape index (κ1) is 14.1. The maximum Gasteiger partial charge on any atom is 0.183 e. The van der Waals surface area contributed by atoms with E-state index in [1.165, 1.54) is 38.8 Å². The second kappa shape index (κ2) is 5.88. The Hall–Kier alpha value is 0.160. The Labute approximate surface area is 131 Å². The zero-order valence-corrected chi connectivity index (χ0v) is 14.1. The smallest absolute Gasteiger partial charge is 0.183 e. The molecule has 2 fully saturated rings. The minimum Gasteiger partial charge on any atom is -0.451 e. The largest absolute Gasteiger partial charge is 0.451 e. The average Bonchev–Trinajstić information content (AvgIpc) is 3.26. The van der Waals surface area contributed by atoms with Crippen molar-refractivity contribution in [1.29, 1.82) is 0 Å². The monoisotopic (exact) mass is 390 g/mol. The molecule has 0 aromatic carbocycles. The number of rotatable bonds is 7. The quantitative estimate of drug-likeness (QED) is 0.765. The van der Waals surface area contributed by atoms with Crippen molar-refractivity contribution in [1.82, 2.24) is 4.90 Å². The molecule has 1 atom stereocenters. The molecule has 0 aliphatic heterocycles. The number of hydrogen-bond donors (Lipinski definition) is 1. The van der Waals surface area contributed by atoms with Crippen LogP contribution in [0.3, 0.4) is 0 Å². The third-order valence-corrected chi connectivity index (χ3v) is 5.75. The van der Waals surface area contributed by atoms with E-state index in [1.807, 2.05) is 0 Å². The molecule has 3 rings (SSSR count). The van der Waals surface area contributed by atoms with Gasteiger partial charge < -0.3 is 10.2 Å². The first-order valence-electron chi connectivity index (χ1n) is 7.06. The molecular weight excluding hydrogens is 372 g/mol. The van der Waals surface area contributed by atoms with Gasteiger partial charge in [-0.25, -0.2) is 0 Å². The Morgan fingerprint density at radius 3 is 2.16 bits per heavy atom. The minimum absolute atomic E-state index is 0.212. The third kappa shape index (κ3) is 3.63. The van der Waals surface area contributed by atoms with Gasteiger partial charge in [0.1, 0.15) is 5.76 Å². The van der Waals surface area contributed by atoms with E-state index < -0.39 is 0 Å². The van der Waals surface area contributed by atoms with E-state index in [1.54, 1.807) is 0 Å². The van der Waals surface area contributed by atoms with Gasteiger partial charge in [-0.3, -0.25) is 4.90 Å². The molecule has 0 saturated heterocycles. The molecule has 106 valence electrons. The SMILES string of the molecule is NCC(c1cc(Br)c(Br)o1)N(CC1CC1)CC1CC1. The zero-order chi connectivity index (χ0) is 13.4. The van der Waals surface area contributed by atoms with Crippen LogP contribution in [-0.4, -0.2) is 24.5 Å². The predicted octanol–water partition coefficient (Wildman–Crippen LogP) is 3.93. The highest BCUT2D eigenvalue weighted by molar-refractivity contribution is 9.13. The van der Waals surface area contributed by atoms with Crippen LogP contribution in [0.25, 0.3) is 0 Å². The summed E-state index contributed by atoms with van der Waals surface area (Å²) >= 11 is 6.91. The summed E-state index contributed by atoms with van der Waals surface area (Å²) in [6, 6.07) is 2.26. The van der Waals surface area contributed by atoms with Crippen molar-refractivity contribution in [2.75, 3.05) is 19.6 Å². The molecule has 1 unspecified atom stereocenters. The van der Waals surface area contributed by atoms with Gasteiger partial charge in [0.2, 0.25) is 0 Å². The van der Waals surface area contributed by atoms with E-state index >= 15 is 0 Å². The average molecular weight is 392 g/mol. The van der Waals surface area contributed by atoms with E-state index in [2.05, 4.69) is 42.8 Å². The summed E-state index contributed by atoms with van der Waals surface area (Å²) in [4.78, 5) is 2.55. The van der Waals surface area contributed by atoms with Gasteiger partial charge in [0, 0.05) is 19.6 Å². The number of halogens is 2. The van der Waals surface area contributed by atoms with Crippen LogP contribution in [0.15, 0.2) is 19.6 Å². The minimum atomic E-state index is 0.212. The Morgan fingerprint density at radius 1 is 1.21 bits per heavy atom. The van der Waals surface area contributed by atoms with Crippen LogP contribution >= 0.6 is 31.9 Å². The third-order valence-electron chi connectivity index (χ3n) is 4.04. The summed E-state index contributed by atoms with van der Waals surface area (Å²) in [5, 5.41) is 0. The van der Waals surface area contributed by atoms with Crippen LogP contribution in [-0.2, 0) is 0 Å². The van der Waals surface area contributed by atoms with Gasteiger partial charge in [0.15, 0.2) is 4.67 Å². The van der Waals surface area contributed by atoms with Crippen molar-refractivity contribution < 1.29 is 4.42 Å². The first-order chi connectivity index (χ1) is 9.17. The van der Waals surface area contributed by atoms with Crippen molar-refractivity contribution in [3.63, 3.8) is 0 Å². The van der Waals surface area contributed by atoms with Crippen molar-refractivity contribution in [2.45, 2.75) is 31.7 Å². The molecule has 3 nitrogen and oxygen atoms in total. The molecule has 0 bridgehead atoms. The molecule has 2 saturated carbocycles.